The van der Waals surface area contributed by atoms with Crippen LogP contribution in [-0.4, -0.2) is 13.0 Å². The Hall–Kier alpha value is -2.08. The minimum absolute atomic E-state index is 0.0640. The molecule has 6 heteroatoms. The van der Waals surface area contributed by atoms with Gasteiger partial charge in [0.2, 0.25) is 0 Å². The molecular formula is C14H12BrFN2O2. The SMILES string of the molecule is COc1cc(Br)ccc1C(=O)Nc1ccc(N)cc1F. The molecule has 0 aromatic heterocycles. The van der Waals surface area contributed by atoms with Crippen molar-refractivity contribution < 1.29 is 13.9 Å². The van der Waals surface area contributed by atoms with Crippen molar-refractivity contribution in [3.8, 4) is 5.75 Å². The number of amides is 1. The molecule has 0 fully saturated rings. The van der Waals surface area contributed by atoms with Crippen LogP contribution < -0.4 is 15.8 Å². The van der Waals surface area contributed by atoms with Crippen LogP contribution in [0.2, 0.25) is 0 Å². The van der Waals surface area contributed by atoms with Crippen LogP contribution in [-0.2, 0) is 0 Å². The van der Waals surface area contributed by atoms with Crippen molar-refractivity contribution in [3.05, 3.63) is 52.3 Å². The number of methoxy groups -OCH3 is 1. The standard InChI is InChI=1S/C14H12BrFN2O2/c1-20-13-6-8(15)2-4-10(13)14(19)18-12-5-3-9(17)7-11(12)16/h2-7H,17H2,1H3,(H,18,19). The van der Waals surface area contributed by atoms with Gasteiger partial charge >= 0.3 is 0 Å². The molecule has 2 aromatic rings. The smallest absolute Gasteiger partial charge is 0.259 e. The Morgan fingerprint density at radius 2 is 2.05 bits per heavy atom. The Balaban J connectivity index is 2.28. The number of nitrogens with one attached hydrogen (secondary N) is 1. The van der Waals surface area contributed by atoms with Crippen LogP contribution in [0.25, 0.3) is 0 Å². The van der Waals surface area contributed by atoms with E-state index in [9.17, 15) is 9.18 Å². The molecule has 0 aliphatic carbocycles. The van der Waals surface area contributed by atoms with E-state index in [0.717, 1.165) is 10.5 Å². The third kappa shape index (κ3) is 3.08. The summed E-state index contributed by atoms with van der Waals surface area (Å²) >= 11 is 3.29. The Bertz CT molecular complexity index is 662. The maximum Gasteiger partial charge on any atom is 0.259 e. The lowest BCUT2D eigenvalue weighted by molar-refractivity contribution is 0.102. The number of anilines is 2. The first-order chi connectivity index (χ1) is 9.51. The molecule has 20 heavy (non-hydrogen) atoms. The number of hydrogen-bond acceptors (Lipinski definition) is 3. The van der Waals surface area contributed by atoms with Gasteiger partial charge in [0.1, 0.15) is 11.6 Å². The van der Waals surface area contributed by atoms with Crippen LogP contribution in [0.5, 0.6) is 5.75 Å². The average Bonchev–Trinajstić information content (AvgIpc) is 2.41. The Morgan fingerprint density at radius 3 is 2.70 bits per heavy atom. The van der Waals surface area contributed by atoms with E-state index >= 15 is 0 Å². The van der Waals surface area contributed by atoms with Gasteiger partial charge in [0.25, 0.3) is 5.91 Å². The highest BCUT2D eigenvalue weighted by Gasteiger charge is 2.14. The van der Waals surface area contributed by atoms with Gasteiger partial charge in [-0.05, 0) is 36.4 Å². The Kier molecular flexibility index (Phi) is 4.24. The van der Waals surface area contributed by atoms with Crippen LogP contribution in [0.1, 0.15) is 10.4 Å². The number of hydrogen-bond donors (Lipinski definition) is 2. The molecule has 0 heterocycles. The summed E-state index contributed by atoms with van der Waals surface area (Å²) in [5.41, 5.74) is 6.12. The first-order valence-corrected chi connectivity index (χ1v) is 6.50. The molecular weight excluding hydrogens is 327 g/mol. The molecule has 0 aliphatic rings. The molecule has 0 spiro atoms. The molecule has 0 radical (unpaired) electrons. The van der Waals surface area contributed by atoms with E-state index in [4.69, 9.17) is 10.5 Å². The molecule has 4 nitrogen and oxygen atoms in total. The number of nitrogens with two attached hydrogens (primary N) is 1. The van der Waals surface area contributed by atoms with Crippen molar-refractivity contribution in [1.29, 1.82) is 0 Å². The highest BCUT2D eigenvalue weighted by atomic mass is 79.9. The van der Waals surface area contributed by atoms with E-state index in [2.05, 4.69) is 21.2 Å². The normalized spacial score (nSPS) is 10.2. The van der Waals surface area contributed by atoms with Gasteiger partial charge in [-0.3, -0.25) is 4.79 Å². The predicted molar refractivity (Wildman–Crippen MR) is 79.5 cm³/mol. The van der Waals surface area contributed by atoms with Crippen molar-refractivity contribution in [2.45, 2.75) is 0 Å². The molecule has 0 saturated carbocycles. The molecule has 3 N–H and O–H groups in total. The Labute approximate surface area is 123 Å². The van der Waals surface area contributed by atoms with Gasteiger partial charge in [-0.25, -0.2) is 4.39 Å². The van der Waals surface area contributed by atoms with Gasteiger partial charge in [-0.1, -0.05) is 15.9 Å². The van der Waals surface area contributed by atoms with Crippen molar-refractivity contribution in [1.82, 2.24) is 0 Å². The summed E-state index contributed by atoms with van der Waals surface area (Å²) in [7, 11) is 1.46. The third-order valence-corrected chi connectivity index (χ3v) is 3.14. The number of halogens is 2. The molecule has 0 aliphatic heterocycles. The second-order valence-electron chi connectivity index (χ2n) is 4.04. The number of ether oxygens (including phenoxy) is 1. The second kappa shape index (κ2) is 5.92. The van der Waals surface area contributed by atoms with Crippen molar-refractivity contribution in [2.75, 3.05) is 18.2 Å². The number of rotatable bonds is 3. The van der Waals surface area contributed by atoms with Crippen molar-refractivity contribution in [3.63, 3.8) is 0 Å². The molecule has 0 saturated heterocycles. The van der Waals surface area contributed by atoms with E-state index in [1.165, 1.54) is 19.2 Å². The highest BCUT2D eigenvalue weighted by molar-refractivity contribution is 9.10. The first-order valence-electron chi connectivity index (χ1n) is 5.71. The van der Waals surface area contributed by atoms with Crippen LogP contribution in [0.4, 0.5) is 15.8 Å². The fourth-order valence-corrected chi connectivity index (χ4v) is 2.02. The van der Waals surface area contributed by atoms with E-state index in [1.807, 2.05) is 0 Å². The van der Waals surface area contributed by atoms with E-state index in [-0.39, 0.29) is 5.69 Å². The van der Waals surface area contributed by atoms with Gasteiger partial charge in [0, 0.05) is 10.2 Å². The molecule has 2 aromatic carbocycles. The topological polar surface area (TPSA) is 64.3 Å². The lowest BCUT2D eigenvalue weighted by Gasteiger charge is -2.10. The lowest BCUT2D eigenvalue weighted by Crippen LogP contribution is -2.14. The Morgan fingerprint density at radius 1 is 1.30 bits per heavy atom. The molecule has 0 bridgehead atoms. The quantitative estimate of drug-likeness (QED) is 0.842. The van der Waals surface area contributed by atoms with Crippen LogP contribution in [0.15, 0.2) is 40.9 Å². The molecule has 1 amide bonds. The summed E-state index contributed by atoms with van der Waals surface area (Å²) in [4.78, 5) is 12.1. The zero-order valence-corrected chi connectivity index (χ0v) is 12.2. The highest BCUT2D eigenvalue weighted by Crippen LogP contribution is 2.25. The predicted octanol–water partition coefficient (Wildman–Crippen LogP) is 3.43. The zero-order valence-electron chi connectivity index (χ0n) is 10.6. The maximum atomic E-state index is 13.6. The van der Waals surface area contributed by atoms with E-state index in [0.29, 0.717) is 17.0 Å². The van der Waals surface area contributed by atoms with Crippen molar-refractivity contribution in [2.24, 2.45) is 0 Å². The van der Waals surface area contributed by atoms with Gasteiger partial charge in [-0.15, -0.1) is 0 Å². The minimum atomic E-state index is -0.588. The number of nitrogen functional groups attached to an aromatic ring is 1. The van der Waals surface area contributed by atoms with E-state index < -0.39 is 11.7 Å². The largest absolute Gasteiger partial charge is 0.496 e. The first kappa shape index (κ1) is 14.3. The fraction of sp³-hybridized carbons (Fsp3) is 0.0714. The summed E-state index contributed by atoms with van der Waals surface area (Å²) in [6.45, 7) is 0. The van der Waals surface area contributed by atoms with Crippen LogP contribution in [0.3, 0.4) is 0 Å². The maximum absolute atomic E-state index is 13.6. The summed E-state index contributed by atoms with van der Waals surface area (Å²) in [5, 5.41) is 2.48. The van der Waals surface area contributed by atoms with Crippen molar-refractivity contribution >= 4 is 33.2 Å². The van der Waals surface area contributed by atoms with Gasteiger partial charge in [-0.2, -0.15) is 0 Å². The van der Waals surface area contributed by atoms with Crippen LogP contribution >= 0.6 is 15.9 Å². The number of benzene rings is 2. The summed E-state index contributed by atoms with van der Waals surface area (Å²) < 4.78 is 19.6. The summed E-state index contributed by atoms with van der Waals surface area (Å²) in [5.74, 6) is -0.653. The van der Waals surface area contributed by atoms with Crippen LogP contribution in [0, 0.1) is 5.82 Å². The van der Waals surface area contributed by atoms with E-state index in [1.54, 1.807) is 18.2 Å². The third-order valence-electron chi connectivity index (χ3n) is 2.65. The monoisotopic (exact) mass is 338 g/mol. The second-order valence-corrected chi connectivity index (χ2v) is 4.95. The molecule has 2 rings (SSSR count). The molecule has 104 valence electrons. The average molecular weight is 339 g/mol. The fourth-order valence-electron chi connectivity index (χ4n) is 1.68. The number of carbonyl (C=O) groups is 1. The summed E-state index contributed by atoms with van der Waals surface area (Å²) in [6, 6.07) is 9.03. The molecule has 0 unspecified atom stereocenters. The van der Waals surface area contributed by atoms with Gasteiger partial charge in [0.15, 0.2) is 0 Å². The summed E-state index contributed by atoms with van der Waals surface area (Å²) in [6.07, 6.45) is 0. The minimum Gasteiger partial charge on any atom is -0.496 e. The molecule has 0 atom stereocenters. The van der Waals surface area contributed by atoms with Gasteiger partial charge in [0.05, 0.1) is 18.4 Å². The number of carbonyl (C=O) groups excluding carboxylic acids is 1. The van der Waals surface area contributed by atoms with Gasteiger partial charge < -0.3 is 15.8 Å². The lowest BCUT2D eigenvalue weighted by atomic mass is 10.1. The zero-order chi connectivity index (χ0) is 14.7.